The summed E-state index contributed by atoms with van der Waals surface area (Å²) in [5, 5.41) is 4.55. The number of methoxy groups -OCH3 is 1. The third-order valence-corrected chi connectivity index (χ3v) is 5.72. The Morgan fingerprint density at radius 2 is 1.72 bits per heavy atom. The molecule has 166 valence electrons. The van der Waals surface area contributed by atoms with Crippen LogP contribution in [0.3, 0.4) is 0 Å². The molecule has 2 aromatic heterocycles. The van der Waals surface area contributed by atoms with Crippen molar-refractivity contribution in [2.75, 3.05) is 12.4 Å². The molecular formula is C23H22N2O6S. The molecule has 0 aliphatic heterocycles. The number of Topliss-reactive ketones (excluding diaryl/α,β-unsaturated/α-hetero) is 1. The Balaban J connectivity index is 1.66. The van der Waals surface area contributed by atoms with Crippen molar-refractivity contribution in [2.24, 2.45) is 0 Å². The van der Waals surface area contributed by atoms with E-state index in [4.69, 9.17) is 9.47 Å². The van der Waals surface area contributed by atoms with E-state index in [1.807, 2.05) is 5.38 Å². The second kappa shape index (κ2) is 9.61. The summed E-state index contributed by atoms with van der Waals surface area (Å²) >= 11 is 1.33. The minimum atomic E-state index is -1.08. The second-order valence-electron chi connectivity index (χ2n) is 7.04. The van der Waals surface area contributed by atoms with Gasteiger partial charge in [-0.1, -0.05) is 6.07 Å². The number of rotatable bonds is 7. The molecule has 0 bridgehead atoms. The predicted octanol–water partition coefficient (Wildman–Crippen LogP) is 4.16. The van der Waals surface area contributed by atoms with Crippen LogP contribution in [-0.2, 0) is 9.47 Å². The average Bonchev–Trinajstić information content (AvgIpc) is 3.41. The van der Waals surface area contributed by atoms with Gasteiger partial charge in [0.2, 0.25) is 5.78 Å². The highest BCUT2D eigenvalue weighted by Crippen LogP contribution is 2.21. The van der Waals surface area contributed by atoms with Gasteiger partial charge < -0.3 is 19.8 Å². The fourth-order valence-electron chi connectivity index (χ4n) is 3.18. The molecule has 0 saturated heterocycles. The van der Waals surface area contributed by atoms with Crippen molar-refractivity contribution in [2.45, 2.75) is 26.9 Å². The van der Waals surface area contributed by atoms with Gasteiger partial charge in [0.15, 0.2) is 6.10 Å². The van der Waals surface area contributed by atoms with Gasteiger partial charge in [0.05, 0.1) is 28.8 Å². The first-order chi connectivity index (χ1) is 15.2. The van der Waals surface area contributed by atoms with Crippen LogP contribution < -0.4 is 5.32 Å². The Hall–Kier alpha value is -3.72. The smallest absolute Gasteiger partial charge is 0.339 e. The van der Waals surface area contributed by atoms with Crippen LogP contribution in [0.25, 0.3) is 0 Å². The van der Waals surface area contributed by atoms with Crippen molar-refractivity contribution in [3.8, 4) is 0 Å². The summed E-state index contributed by atoms with van der Waals surface area (Å²) in [5.41, 5.74) is 2.17. The number of benzene rings is 1. The molecule has 0 radical (unpaired) electrons. The number of carbonyl (C=O) groups is 4. The van der Waals surface area contributed by atoms with Gasteiger partial charge in [-0.25, -0.2) is 9.59 Å². The van der Waals surface area contributed by atoms with Crippen molar-refractivity contribution in [1.29, 1.82) is 0 Å². The van der Waals surface area contributed by atoms with Crippen LogP contribution in [-0.4, -0.2) is 41.8 Å². The van der Waals surface area contributed by atoms with Gasteiger partial charge >= 0.3 is 11.9 Å². The quantitative estimate of drug-likeness (QED) is 0.409. The number of aromatic nitrogens is 1. The number of thiophene rings is 1. The van der Waals surface area contributed by atoms with Crippen molar-refractivity contribution in [3.05, 3.63) is 74.7 Å². The van der Waals surface area contributed by atoms with Gasteiger partial charge in [-0.15, -0.1) is 11.3 Å². The van der Waals surface area contributed by atoms with Gasteiger partial charge in [-0.05, 0) is 62.0 Å². The zero-order valence-electron chi connectivity index (χ0n) is 18.0. The van der Waals surface area contributed by atoms with Crippen molar-refractivity contribution in [1.82, 2.24) is 4.98 Å². The summed E-state index contributed by atoms with van der Waals surface area (Å²) < 4.78 is 10.1. The van der Waals surface area contributed by atoms with Crippen LogP contribution in [0, 0.1) is 13.8 Å². The highest BCUT2D eigenvalue weighted by Gasteiger charge is 2.27. The minimum absolute atomic E-state index is 0.190. The van der Waals surface area contributed by atoms with E-state index in [2.05, 4.69) is 10.3 Å². The molecule has 32 heavy (non-hydrogen) atoms. The molecule has 3 rings (SSSR count). The Morgan fingerprint density at radius 3 is 2.31 bits per heavy atom. The van der Waals surface area contributed by atoms with Gasteiger partial charge in [-0.2, -0.15) is 0 Å². The van der Waals surface area contributed by atoms with Crippen LogP contribution in [0.15, 0.2) is 41.8 Å². The molecule has 9 heteroatoms. The normalized spacial score (nSPS) is 11.5. The first-order valence-electron chi connectivity index (χ1n) is 9.70. The predicted molar refractivity (Wildman–Crippen MR) is 120 cm³/mol. The lowest BCUT2D eigenvalue weighted by Gasteiger charge is -2.12. The van der Waals surface area contributed by atoms with Gasteiger partial charge in [0, 0.05) is 11.4 Å². The SMILES string of the molecule is COC(=O)c1c(C)[nH]c(C(=O)C(C)OC(=O)c2ccc(NC(=O)c3cccs3)cc2)c1C. The van der Waals surface area contributed by atoms with E-state index in [9.17, 15) is 19.2 Å². The topological polar surface area (TPSA) is 115 Å². The lowest BCUT2D eigenvalue weighted by atomic mass is 10.1. The first kappa shape index (κ1) is 23.0. The molecule has 2 heterocycles. The third-order valence-electron chi connectivity index (χ3n) is 4.85. The monoisotopic (exact) mass is 454 g/mol. The van der Waals surface area contributed by atoms with Crippen LogP contribution in [0.5, 0.6) is 0 Å². The number of aromatic amines is 1. The molecule has 0 spiro atoms. The second-order valence-corrected chi connectivity index (χ2v) is 7.98. The number of esters is 2. The lowest BCUT2D eigenvalue weighted by molar-refractivity contribution is 0.0316. The molecule has 0 aliphatic carbocycles. The number of carbonyl (C=O) groups excluding carboxylic acids is 4. The number of hydrogen-bond donors (Lipinski definition) is 2. The third kappa shape index (κ3) is 4.78. The van der Waals surface area contributed by atoms with E-state index in [0.717, 1.165) is 0 Å². The van der Waals surface area contributed by atoms with Gasteiger partial charge in [0.25, 0.3) is 5.91 Å². The summed E-state index contributed by atoms with van der Waals surface area (Å²) in [6, 6.07) is 9.66. The number of ketones is 1. The summed E-state index contributed by atoms with van der Waals surface area (Å²) in [6.45, 7) is 4.75. The Kier molecular flexibility index (Phi) is 6.89. The maximum atomic E-state index is 12.8. The van der Waals surface area contributed by atoms with E-state index in [1.54, 1.807) is 38.1 Å². The minimum Gasteiger partial charge on any atom is -0.465 e. The molecule has 2 N–H and O–H groups in total. The van der Waals surface area contributed by atoms with E-state index in [0.29, 0.717) is 21.8 Å². The molecule has 1 atom stereocenters. The largest absolute Gasteiger partial charge is 0.465 e. The fraction of sp³-hybridized carbons (Fsp3) is 0.217. The fourth-order valence-corrected chi connectivity index (χ4v) is 3.80. The zero-order valence-corrected chi connectivity index (χ0v) is 18.8. The van der Waals surface area contributed by atoms with E-state index < -0.39 is 23.8 Å². The molecule has 1 unspecified atom stereocenters. The van der Waals surface area contributed by atoms with E-state index in [-0.39, 0.29) is 22.7 Å². The van der Waals surface area contributed by atoms with Gasteiger partial charge in [-0.3, -0.25) is 9.59 Å². The summed E-state index contributed by atoms with van der Waals surface area (Å²) in [7, 11) is 1.26. The maximum absolute atomic E-state index is 12.8. The average molecular weight is 455 g/mol. The summed E-state index contributed by atoms with van der Waals surface area (Å²) in [6.07, 6.45) is -1.08. The van der Waals surface area contributed by atoms with Gasteiger partial charge in [0.1, 0.15) is 0 Å². The number of H-pyrrole nitrogens is 1. The summed E-state index contributed by atoms with van der Waals surface area (Å²) in [4.78, 5) is 52.7. The molecule has 3 aromatic rings. The first-order valence-corrected chi connectivity index (χ1v) is 10.6. The molecule has 1 amide bonds. The van der Waals surface area contributed by atoms with E-state index in [1.165, 1.54) is 37.5 Å². The number of hydrogen-bond acceptors (Lipinski definition) is 7. The van der Waals surface area contributed by atoms with Crippen molar-refractivity contribution >= 4 is 40.7 Å². The van der Waals surface area contributed by atoms with Crippen LogP contribution in [0.2, 0.25) is 0 Å². The van der Waals surface area contributed by atoms with Crippen molar-refractivity contribution in [3.63, 3.8) is 0 Å². The summed E-state index contributed by atoms with van der Waals surface area (Å²) in [5.74, 6) is -1.94. The Labute approximate surface area is 188 Å². The highest BCUT2D eigenvalue weighted by molar-refractivity contribution is 7.12. The van der Waals surface area contributed by atoms with Crippen LogP contribution >= 0.6 is 11.3 Å². The standard InChI is InChI=1S/C23H22N2O6S/c1-12-18(23(29)30-4)13(2)24-19(12)20(26)14(3)31-22(28)15-7-9-16(10-8-15)25-21(27)17-6-5-11-32-17/h5-11,14,24H,1-4H3,(H,25,27). The number of aryl methyl sites for hydroxylation is 1. The number of nitrogens with one attached hydrogen (secondary N) is 2. The maximum Gasteiger partial charge on any atom is 0.339 e. The lowest BCUT2D eigenvalue weighted by Crippen LogP contribution is -2.25. The number of amides is 1. The Bertz CT molecular complexity index is 1160. The molecule has 0 aliphatic rings. The zero-order chi connectivity index (χ0) is 23.4. The molecule has 1 aromatic carbocycles. The molecule has 0 fully saturated rings. The van der Waals surface area contributed by atoms with E-state index >= 15 is 0 Å². The van der Waals surface area contributed by atoms with Crippen LogP contribution in [0.1, 0.15) is 59.1 Å². The highest BCUT2D eigenvalue weighted by atomic mass is 32.1. The van der Waals surface area contributed by atoms with Crippen molar-refractivity contribution < 1.29 is 28.7 Å². The number of anilines is 1. The Morgan fingerprint density at radius 1 is 1.03 bits per heavy atom. The molecule has 8 nitrogen and oxygen atoms in total. The molecule has 0 saturated carbocycles. The van der Waals surface area contributed by atoms with Crippen LogP contribution in [0.4, 0.5) is 5.69 Å². The number of ether oxygens (including phenoxy) is 2. The molecular weight excluding hydrogens is 432 g/mol.